The zero-order chi connectivity index (χ0) is 14.1. The number of carbonyl (C=O) groups is 1. The standard InChI is InChI=1S/C14H15N5O/c1-2-3-11(20)18-13-12-8-6-7-16-9(8)4-5-10(12)17-14(15)19-13/h4-7,16H,2-3H2,1H3,(H3,15,17,18,19,20). The number of nitrogens with two attached hydrogens (primary N) is 1. The van der Waals surface area contributed by atoms with E-state index in [0.717, 1.165) is 28.2 Å². The number of amides is 1. The molecular weight excluding hydrogens is 254 g/mol. The van der Waals surface area contributed by atoms with Crippen LogP contribution in [0.3, 0.4) is 0 Å². The number of anilines is 2. The SMILES string of the molecule is CCCC(=O)Nc1nc(N)nc2ccc3[nH]ccc3c12. The highest BCUT2D eigenvalue weighted by Crippen LogP contribution is 2.29. The third-order valence-electron chi connectivity index (χ3n) is 3.15. The Morgan fingerprint density at radius 2 is 2.20 bits per heavy atom. The highest BCUT2D eigenvalue weighted by Gasteiger charge is 2.12. The molecule has 0 aliphatic carbocycles. The molecule has 20 heavy (non-hydrogen) atoms. The van der Waals surface area contributed by atoms with E-state index in [4.69, 9.17) is 5.73 Å². The number of hydrogen-bond acceptors (Lipinski definition) is 4. The van der Waals surface area contributed by atoms with Gasteiger partial charge in [-0.3, -0.25) is 4.79 Å². The Labute approximate surface area is 115 Å². The molecule has 0 bridgehead atoms. The second-order valence-corrected chi connectivity index (χ2v) is 4.63. The fourth-order valence-electron chi connectivity index (χ4n) is 2.29. The first-order chi connectivity index (χ1) is 9.69. The fraction of sp³-hybridized carbons (Fsp3) is 0.214. The number of H-pyrrole nitrogens is 1. The van der Waals surface area contributed by atoms with Crippen LogP contribution in [0.25, 0.3) is 21.8 Å². The number of nitrogen functional groups attached to an aromatic ring is 1. The molecule has 0 atom stereocenters. The summed E-state index contributed by atoms with van der Waals surface area (Å²) in [4.78, 5) is 23.3. The lowest BCUT2D eigenvalue weighted by molar-refractivity contribution is -0.116. The molecule has 1 amide bonds. The molecule has 0 radical (unpaired) electrons. The van der Waals surface area contributed by atoms with E-state index in [-0.39, 0.29) is 11.9 Å². The summed E-state index contributed by atoms with van der Waals surface area (Å²) < 4.78 is 0. The van der Waals surface area contributed by atoms with Crippen molar-refractivity contribution in [1.29, 1.82) is 0 Å². The number of nitrogens with zero attached hydrogens (tertiary/aromatic N) is 2. The van der Waals surface area contributed by atoms with Gasteiger partial charge in [0.25, 0.3) is 0 Å². The molecule has 0 saturated heterocycles. The molecule has 0 aliphatic heterocycles. The van der Waals surface area contributed by atoms with Gasteiger partial charge in [0.15, 0.2) is 0 Å². The van der Waals surface area contributed by atoms with Gasteiger partial charge in [-0.15, -0.1) is 0 Å². The van der Waals surface area contributed by atoms with Gasteiger partial charge in [-0.05, 0) is 24.6 Å². The Bertz CT molecular complexity index is 793. The van der Waals surface area contributed by atoms with Crippen LogP contribution in [-0.2, 0) is 4.79 Å². The van der Waals surface area contributed by atoms with E-state index < -0.39 is 0 Å². The fourth-order valence-corrected chi connectivity index (χ4v) is 2.29. The number of fused-ring (bicyclic) bond motifs is 3. The van der Waals surface area contributed by atoms with Crippen LogP contribution in [0.15, 0.2) is 24.4 Å². The number of benzene rings is 1. The predicted molar refractivity (Wildman–Crippen MR) is 79.3 cm³/mol. The Balaban J connectivity index is 2.22. The van der Waals surface area contributed by atoms with E-state index in [1.54, 1.807) is 0 Å². The van der Waals surface area contributed by atoms with E-state index >= 15 is 0 Å². The van der Waals surface area contributed by atoms with Crippen LogP contribution in [0.2, 0.25) is 0 Å². The minimum absolute atomic E-state index is 0.0700. The second kappa shape index (κ2) is 4.80. The van der Waals surface area contributed by atoms with Crippen molar-refractivity contribution in [2.75, 3.05) is 11.1 Å². The minimum atomic E-state index is -0.0700. The van der Waals surface area contributed by atoms with Crippen LogP contribution in [0.1, 0.15) is 19.8 Å². The molecule has 3 aromatic rings. The Morgan fingerprint density at radius 3 is 3.00 bits per heavy atom. The number of aromatic nitrogens is 3. The molecule has 6 nitrogen and oxygen atoms in total. The molecule has 102 valence electrons. The van der Waals surface area contributed by atoms with Gasteiger partial charge >= 0.3 is 0 Å². The molecule has 6 heteroatoms. The van der Waals surface area contributed by atoms with Crippen LogP contribution in [0.5, 0.6) is 0 Å². The summed E-state index contributed by atoms with van der Waals surface area (Å²) in [5.41, 5.74) is 7.40. The summed E-state index contributed by atoms with van der Waals surface area (Å²) in [7, 11) is 0. The highest BCUT2D eigenvalue weighted by atomic mass is 16.1. The van der Waals surface area contributed by atoms with Crippen LogP contribution in [0.4, 0.5) is 11.8 Å². The van der Waals surface area contributed by atoms with Crippen molar-refractivity contribution in [2.45, 2.75) is 19.8 Å². The van der Waals surface area contributed by atoms with E-state index in [9.17, 15) is 4.79 Å². The van der Waals surface area contributed by atoms with Crippen LogP contribution in [0, 0.1) is 0 Å². The lowest BCUT2D eigenvalue weighted by atomic mass is 10.1. The van der Waals surface area contributed by atoms with Gasteiger partial charge in [-0.2, -0.15) is 4.98 Å². The number of nitrogens with one attached hydrogen (secondary N) is 2. The Morgan fingerprint density at radius 1 is 1.35 bits per heavy atom. The Hall–Kier alpha value is -2.63. The van der Waals surface area contributed by atoms with Crippen molar-refractivity contribution in [3.8, 4) is 0 Å². The smallest absolute Gasteiger partial charge is 0.225 e. The first-order valence-corrected chi connectivity index (χ1v) is 6.52. The summed E-state index contributed by atoms with van der Waals surface area (Å²) in [6, 6.07) is 5.73. The molecule has 4 N–H and O–H groups in total. The lowest BCUT2D eigenvalue weighted by Crippen LogP contribution is -2.13. The van der Waals surface area contributed by atoms with Crippen molar-refractivity contribution in [3.63, 3.8) is 0 Å². The molecular formula is C14H15N5O. The monoisotopic (exact) mass is 269 g/mol. The van der Waals surface area contributed by atoms with E-state index in [1.165, 1.54) is 0 Å². The van der Waals surface area contributed by atoms with E-state index in [1.807, 2.05) is 31.3 Å². The van der Waals surface area contributed by atoms with Gasteiger partial charge < -0.3 is 16.0 Å². The number of aromatic amines is 1. The van der Waals surface area contributed by atoms with Crippen molar-refractivity contribution >= 4 is 39.5 Å². The number of carbonyl (C=O) groups excluding carboxylic acids is 1. The number of hydrogen-bond donors (Lipinski definition) is 3. The summed E-state index contributed by atoms with van der Waals surface area (Å²) in [5.74, 6) is 0.551. The maximum atomic E-state index is 11.8. The molecule has 1 aromatic carbocycles. The van der Waals surface area contributed by atoms with Crippen molar-refractivity contribution in [3.05, 3.63) is 24.4 Å². The van der Waals surface area contributed by atoms with E-state index in [0.29, 0.717) is 12.2 Å². The van der Waals surface area contributed by atoms with Crippen molar-refractivity contribution < 1.29 is 4.79 Å². The molecule has 2 aromatic heterocycles. The quantitative estimate of drug-likeness (QED) is 0.680. The molecule has 0 saturated carbocycles. The topological polar surface area (TPSA) is 96.7 Å². The molecule has 0 unspecified atom stereocenters. The first-order valence-electron chi connectivity index (χ1n) is 6.52. The van der Waals surface area contributed by atoms with E-state index in [2.05, 4.69) is 20.3 Å². The Kier molecular flexibility index (Phi) is 2.98. The third-order valence-corrected chi connectivity index (χ3v) is 3.15. The largest absolute Gasteiger partial charge is 0.368 e. The van der Waals surface area contributed by atoms with Crippen molar-refractivity contribution in [1.82, 2.24) is 15.0 Å². The van der Waals surface area contributed by atoms with Gasteiger partial charge in [0.2, 0.25) is 11.9 Å². The van der Waals surface area contributed by atoms with Crippen LogP contribution >= 0.6 is 0 Å². The van der Waals surface area contributed by atoms with Gasteiger partial charge in [-0.1, -0.05) is 6.92 Å². The average molecular weight is 269 g/mol. The zero-order valence-electron chi connectivity index (χ0n) is 11.1. The van der Waals surface area contributed by atoms with Gasteiger partial charge in [0, 0.05) is 23.5 Å². The summed E-state index contributed by atoms with van der Waals surface area (Å²) in [6.07, 6.45) is 3.08. The molecule has 0 spiro atoms. The van der Waals surface area contributed by atoms with Gasteiger partial charge in [-0.25, -0.2) is 4.98 Å². The van der Waals surface area contributed by atoms with Gasteiger partial charge in [0.1, 0.15) is 5.82 Å². The molecule has 0 fully saturated rings. The normalized spacial score (nSPS) is 11.1. The van der Waals surface area contributed by atoms with Crippen LogP contribution < -0.4 is 11.1 Å². The first kappa shape index (κ1) is 12.4. The molecule has 3 rings (SSSR count). The number of rotatable bonds is 3. The summed E-state index contributed by atoms with van der Waals surface area (Å²) in [6.45, 7) is 1.95. The predicted octanol–water partition coefficient (Wildman–Crippen LogP) is 2.43. The molecule has 2 heterocycles. The lowest BCUT2D eigenvalue weighted by Gasteiger charge is -2.09. The second-order valence-electron chi connectivity index (χ2n) is 4.63. The third kappa shape index (κ3) is 2.05. The average Bonchev–Trinajstić information content (AvgIpc) is 2.86. The summed E-state index contributed by atoms with van der Waals surface area (Å²) >= 11 is 0. The molecule has 0 aliphatic rings. The maximum absolute atomic E-state index is 11.8. The van der Waals surface area contributed by atoms with Crippen molar-refractivity contribution in [2.24, 2.45) is 0 Å². The van der Waals surface area contributed by atoms with Gasteiger partial charge in [0.05, 0.1) is 10.9 Å². The maximum Gasteiger partial charge on any atom is 0.225 e. The minimum Gasteiger partial charge on any atom is -0.368 e. The summed E-state index contributed by atoms with van der Waals surface area (Å²) in [5, 5.41) is 4.60. The zero-order valence-corrected chi connectivity index (χ0v) is 11.1. The van der Waals surface area contributed by atoms with Crippen LogP contribution in [-0.4, -0.2) is 20.9 Å². The highest BCUT2D eigenvalue weighted by molar-refractivity contribution is 6.13.